The van der Waals surface area contributed by atoms with Gasteiger partial charge in [0, 0.05) is 5.52 Å². The molecule has 0 saturated heterocycles. The predicted molar refractivity (Wildman–Crippen MR) is 63.8 cm³/mol. The van der Waals surface area contributed by atoms with Crippen LogP contribution in [-0.4, -0.2) is 17.8 Å². The van der Waals surface area contributed by atoms with Crippen molar-refractivity contribution in [1.29, 1.82) is 0 Å². The molecule has 0 amide bonds. The highest BCUT2D eigenvalue weighted by atomic mass is 16.6. The highest BCUT2D eigenvalue weighted by Crippen LogP contribution is 2.08. The first-order valence-corrected chi connectivity index (χ1v) is 5.08. The smallest absolute Gasteiger partial charge is 0.257 e. The molecule has 0 atom stereocenters. The quantitative estimate of drug-likeness (QED) is 0.629. The van der Waals surface area contributed by atoms with Crippen molar-refractivity contribution in [1.82, 2.24) is 4.98 Å². The predicted octanol–water partition coefficient (Wildman–Crippen LogP) is 1.90. The molecule has 0 aliphatic heterocycles. The summed E-state index contributed by atoms with van der Waals surface area (Å²) in [4.78, 5) is 19.2. The lowest BCUT2D eigenvalue weighted by Gasteiger charge is -1.98. The van der Waals surface area contributed by atoms with E-state index in [-0.39, 0.29) is 5.56 Å². The fourth-order valence-corrected chi connectivity index (χ4v) is 1.43. The summed E-state index contributed by atoms with van der Waals surface area (Å²) < 4.78 is 0. The standard InChI is InChI=1S/C12H12N2O2/c1-2-16-13-8-10-7-9-5-3-4-6-11(9)14-12(10)15/h3-8H,2H2,1H3,(H,14,15)/b13-8+. The monoisotopic (exact) mass is 216 g/mol. The Morgan fingerprint density at radius 3 is 3.06 bits per heavy atom. The summed E-state index contributed by atoms with van der Waals surface area (Å²) in [5.74, 6) is 0. The Morgan fingerprint density at radius 1 is 1.44 bits per heavy atom. The Kier molecular flexibility index (Phi) is 3.00. The van der Waals surface area contributed by atoms with E-state index in [4.69, 9.17) is 4.84 Å². The molecular formula is C12H12N2O2. The number of benzene rings is 1. The van der Waals surface area contributed by atoms with E-state index in [0.717, 1.165) is 10.9 Å². The molecule has 0 saturated carbocycles. The third-order valence-corrected chi connectivity index (χ3v) is 2.18. The maximum atomic E-state index is 11.6. The number of hydrogen-bond acceptors (Lipinski definition) is 3. The summed E-state index contributed by atoms with van der Waals surface area (Å²) in [6.45, 7) is 2.32. The highest BCUT2D eigenvalue weighted by molar-refractivity contribution is 5.87. The number of nitrogens with one attached hydrogen (secondary N) is 1. The van der Waals surface area contributed by atoms with Crippen LogP contribution in [-0.2, 0) is 4.84 Å². The van der Waals surface area contributed by atoms with Gasteiger partial charge in [0.15, 0.2) is 0 Å². The SMILES string of the molecule is CCO/N=C/c1cc2ccccc2[nH]c1=O. The molecule has 1 aromatic carbocycles. The van der Waals surface area contributed by atoms with Crippen molar-refractivity contribution < 1.29 is 4.84 Å². The van der Waals surface area contributed by atoms with Crippen LogP contribution in [0.5, 0.6) is 0 Å². The number of oxime groups is 1. The molecular weight excluding hydrogens is 204 g/mol. The van der Waals surface area contributed by atoms with Gasteiger partial charge in [0.2, 0.25) is 0 Å². The molecule has 4 nitrogen and oxygen atoms in total. The van der Waals surface area contributed by atoms with E-state index in [0.29, 0.717) is 12.2 Å². The summed E-state index contributed by atoms with van der Waals surface area (Å²) in [5, 5.41) is 4.66. The lowest BCUT2D eigenvalue weighted by atomic mass is 10.2. The molecule has 16 heavy (non-hydrogen) atoms. The molecule has 1 heterocycles. The van der Waals surface area contributed by atoms with E-state index in [1.54, 1.807) is 6.07 Å². The number of H-pyrrole nitrogens is 1. The van der Waals surface area contributed by atoms with Crippen LogP contribution in [0.3, 0.4) is 0 Å². The van der Waals surface area contributed by atoms with Crippen LogP contribution in [0.2, 0.25) is 0 Å². The minimum Gasteiger partial charge on any atom is -0.396 e. The van der Waals surface area contributed by atoms with Crippen molar-refractivity contribution in [2.75, 3.05) is 6.61 Å². The van der Waals surface area contributed by atoms with Gasteiger partial charge in [-0.3, -0.25) is 4.79 Å². The molecule has 0 unspecified atom stereocenters. The second-order valence-electron chi connectivity index (χ2n) is 3.29. The van der Waals surface area contributed by atoms with E-state index in [2.05, 4.69) is 10.1 Å². The number of hydrogen-bond donors (Lipinski definition) is 1. The van der Waals surface area contributed by atoms with Gasteiger partial charge in [0.1, 0.15) is 6.61 Å². The lowest BCUT2D eigenvalue weighted by molar-refractivity contribution is 0.160. The Labute approximate surface area is 92.6 Å². The third kappa shape index (κ3) is 2.11. The number of aromatic amines is 1. The molecule has 1 N–H and O–H groups in total. The van der Waals surface area contributed by atoms with Gasteiger partial charge in [-0.05, 0) is 24.4 Å². The lowest BCUT2D eigenvalue weighted by Crippen LogP contribution is -2.11. The Hall–Kier alpha value is -2.10. The largest absolute Gasteiger partial charge is 0.396 e. The second-order valence-corrected chi connectivity index (χ2v) is 3.29. The molecule has 0 radical (unpaired) electrons. The first-order valence-electron chi connectivity index (χ1n) is 5.08. The number of fused-ring (bicyclic) bond motifs is 1. The van der Waals surface area contributed by atoms with Crippen LogP contribution < -0.4 is 5.56 Å². The first kappa shape index (κ1) is 10.4. The Balaban J connectivity index is 2.46. The van der Waals surface area contributed by atoms with Gasteiger partial charge in [-0.1, -0.05) is 23.4 Å². The number of pyridine rings is 1. The van der Waals surface area contributed by atoms with Crippen molar-refractivity contribution in [3.63, 3.8) is 0 Å². The van der Waals surface area contributed by atoms with Crippen LogP contribution in [0.1, 0.15) is 12.5 Å². The molecule has 0 spiro atoms. The fraction of sp³-hybridized carbons (Fsp3) is 0.167. The van der Waals surface area contributed by atoms with Crippen LogP contribution in [0.25, 0.3) is 10.9 Å². The molecule has 0 bridgehead atoms. The Morgan fingerprint density at radius 2 is 2.25 bits per heavy atom. The van der Waals surface area contributed by atoms with Gasteiger partial charge in [-0.15, -0.1) is 0 Å². The van der Waals surface area contributed by atoms with Gasteiger partial charge in [-0.2, -0.15) is 0 Å². The zero-order valence-electron chi connectivity index (χ0n) is 8.93. The van der Waals surface area contributed by atoms with E-state index >= 15 is 0 Å². The second kappa shape index (κ2) is 4.61. The van der Waals surface area contributed by atoms with E-state index in [1.807, 2.05) is 31.2 Å². The Bertz CT molecular complexity index is 572. The topological polar surface area (TPSA) is 54.4 Å². The maximum absolute atomic E-state index is 11.6. The van der Waals surface area contributed by atoms with Crippen LogP contribution >= 0.6 is 0 Å². The van der Waals surface area contributed by atoms with E-state index in [9.17, 15) is 4.79 Å². The summed E-state index contributed by atoms with van der Waals surface area (Å²) in [5.41, 5.74) is 1.15. The zero-order valence-corrected chi connectivity index (χ0v) is 8.93. The molecule has 2 aromatic rings. The fourth-order valence-electron chi connectivity index (χ4n) is 1.43. The van der Waals surface area contributed by atoms with E-state index in [1.165, 1.54) is 6.21 Å². The van der Waals surface area contributed by atoms with Crippen molar-refractivity contribution in [3.05, 3.63) is 46.2 Å². The first-order chi connectivity index (χ1) is 7.81. The third-order valence-electron chi connectivity index (χ3n) is 2.18. The van der Waals surface area contributed by atoms with Gasteiger partial charge in [-0.25, -0.2) is 0 Å². The maximum Gasteiger partial charge on any atom is 0.257 e. The van der Waals surface area contributed by atoms with Crippen LogP contribution in [0, 0.1) is 0 Å². The highest BCUT2D eigenvalue weighted by Gasteiger charge is 1.99. The number of nitrogens with zero attached hydrogens (tertiary/aromatic N) is 1. The summed E-state index contributed by atoms with van der Waals surface area (Å²) in [6, 6.07) is 9.39. The summed E-state index contributed by atoms with van der Waals surface area (Å²) >= 11 is 0. The molecule has 2 rings (SSSR count). The zero-order chi connectivity index (χ0) is 11.4. The summed E-state index contributed by atoms with van der Waals surface area (Å²) in [7, 11) is 0. The van der Waals surface area contributed by atoms with Crippen molar-refractivity contribution in [3.8, 4) is 0 Å². The van der Waals surface area contributed by atoms with Crippen LogP contribution in [0.15, 0.2) is 40.3 Å². The van der Waals surface area contributed by atoms with Gasteiger partial charge in [0.25, 0.3) is 5.56 Å². The average Bonchev–Trinajstić information content (AvgIpc) is 2.30. The minimum atomic E-state index is -0.165. The number of para-hydroxylation sites is 1. The molecule has 82 valence electrons. The van der Waals surface area contributed by atoms with Gasteiger partial charge < -0.3 is 9.82 Å². The molecule has 0 fully saturated rings. The van der Waals surface area contributed by atoms with Crippen molar-refractivity contribution in [2.24, 2.45) is 5.16 Å². The normalized spacial score (nSPS) is 11.1. The molecule has 0 aliphatic carbocycles. The molecule has 4 heteroatoms. The number of aromatic nitrogens is 1. The summed E-state index contributed by atoms with van der Waals surface area (Å²) in [6.07, 6.45) is 1.43. The van der Waals surface area contributed by atoms with Crippen molar-refractivity contribution in [2.45, 2.75) is 6.92 Å². The average molecular weight is 216 g/mol. The minimum absolute atomic E-state index is 0.165. The molecule has 1 aromatic heterocycles. The van der Waals surface area contributed by atoms with Crippen LogP contribution in [0.4, 0.5) is 0 Å². The van der Waals surface area contributed by atoms with E-state index < -0.39 is 0 Å². The van der Waals surface area contributed by atoms with Gasteiger partial charge in [0.05, 0.1) is 11.8 Å². The molecule has 0 aliphatic rings. The van der Waals surface area contributed by atoms with Gasteiger partial charge >= 0.3 is 0 Å². The number of rotatable bonds is 3. The van der Waals surface area contributed by atoms with Crippen molar-refractivity contribution >= 4 is 17.1 Å².